The first-order valence-electron chi connectivity index (χ1n) is 9.18. The Balaban J connectivity index is 1.56. The normalized spacial score (nSPS) is 15.5. The van der Waals surface area contributed by atoms with E-state index in [1.165, 1.54) is 21.9 Å². The van der Waals surface area contributed by atoms with E-state index in [4.69, 9.17) is 4.74 Å². The highest BCUT2D eigenvalue weighted by atomic mass is 32.1. The van der Waals surface area contributed by atoms with Crippen LogP contribution in [0.25, 0.3) is 4.96 Å². The number of morpholine rings is 1. The molecule has 0 radical (unpaired) electrons. The Bertz CT molecular complexity index is 1030. The van der Waals surface area contributed by atoms with Gasteiger partial charge in [-0.25, -0.2) is 0 Å². The number of hydrogen-bond donors (Lipinski definition) is 1. The number of benzene rings is 1. The molecule has 0 bridgehead atoms. The maximum atomic E-state index is 12.8. The van der Waals surface area contributed by atoms with E-state index in [2.05, 4.69) is 20.3 Å². The zero-order valence-corrected chi connectivity index (χ0v) is 16.3. The minimum absolute atomic E-state index is 0.151. The topological polar surface area (TPSA) is 88.8 Å². The lowest BCUT2D eigenvalue weighted by Crippen LogP contribution is -2.36. The Morgan fingerprint density at radius 1 is 1.29 bits per heavy atom. The summed E-state index contributed by atoms with van der Waals surface area (Å²) in [6, 6.07) is 11.2. The number of ether oxygens (including phenoxy) is 1. The van der Waals surface area contributed by atoms with Gasteiger partial charge in [0.25, 0.3) is 11.5 Å². The molecule has 1 saturated heterocycles. The summed E-state index contributed by atoms with van der Waals surface area (Å²) >= 11 is 1.30. The van der Waals surface area contributed by atoms with Crippen molar-refractivity contribution in [3.63, 3.8) is 0 Å². The number of carbonyl (C=O) groups excluding carboxylic acids is 1. The molecular weight excluding hydrogens is 378 g/mol. The summed E-state index contributed by atoms with van der Waals surface area (Å²) < 4.78 is 6.82. The fraction of sp³-hybridized carbons (Fsp3) is 0.368. The first kappa shape index (κ1) is 18.6. The van der Waals surface area contributed by atoms with Gasteiger partial charge in [-0.05, 0) is 11.5 Å². The number of nitrogens with zero attached hydrogens (tertiary/aromatic N) is 4. The van der Waals surface area contributed by atoms with Crippen LogP contribution in [0.4, 0.5) is 5.13 Å². The lowest BCUT2D eigenvalue weighted by atomic mass is 10.0. The summed E-state index contributed by atoms with van der Waals surface area (Å²) in [7, 11) is 0. The van der Waals surface area contributed by atoms with Crippen molar-refractivity contribution >= 4 is 27.3 Å². The predicted octanol–water partition coefficient (Wildman–Crippen LogP) is 1.52. The van der Waals surface area contributed by atoms with E-state index < -0.39 is 5.56 Å². The van der Waals surface area contributed by atoms with E-state index in [1.54, 1.807) is 0 Å². The van der Waals surface area contributed by atoms with Crippen molar-refractivity contribution in [1.82, 2.24) is 19.9 Å². The van der Waals surface area contributed by atoms with Crippen molar-refractivity contribution in [1.29, 1.82) is 0 Å². The van der Waals surface area contributed by atoms with Crippen LogP contribution in [0.2, 0.25) is 0 Å². The first-order valence-corrected chi connectivity index (χ1v) is 10.0. The molecular formula is C19H21N5O3S. The van der Waals surface area contributed by atoms with Gasteiger partial charge in [-0.2, -0.15) is 9.50 Å². The molecule has 1 aliphatic heterocycles. The lowest BCUT2D eigenvalue weighted by Gasteiger charge is -2.25. The van der Waals surface area contributed by atoms with E-state index in [-0.39, 0.29) is 17.5 Å². The monoisotopic (exact) mass is 399 g/mol. The maximum Gasteiger partial charge on any atom is 0.274 e. The highest BCUT2D eigenvalue weighted by Gasteiger charge is 2.20. The van der Waals surface area contributed by atoms with Crippen molar-refractivity contribution in [2.45, 2.75) is 12.8 Å². The number of carbonyl (C=O) groups is 1. The molecule has 28 heavy (non-hydrogen) atoms. The number of hydrogen-bond acceptors (Lipinski definition) is 7. The highest BCUT2D eigenvalue weighted by Crippen LogP contribution is 2.23. The number of aromatic nitrogens is 3. The van der Waals surface area contributed by atoms with Crippen LogP contribution in [0.3, 0.4) is 0 Å². The third-order valence-corrected chi connectivity index (χ3v) is 5.66. The van der Waals surface area contributed by atoms with Crippen molar-refractivity contribution < 1.29 is 9.53 Å². The molecule has 1 unspecified atom stereocenters. The molecule has 8 nitrogen and oxygen atoms in total. The first-order chi connectivity index (χ1) is 13.6. The fourth-order valence-electron chi connectivity index (χ4n) is 3.09. The van der Waals surface area contributed by atoms with Crippen LogP contribution in [0.5, 0.6) is 0 Å². The maximum absolute atomic E-state index is 12.8. The van der Waals surface area contributed by atoms with Gasteiger partial charge in [-0.3, -0.25) is 9.59 Å². The molecule has 1 fully saturated rings. The average Bonchev–Trinajstić information content (AvgIpc) is 3.16. The molecule has 4 rings (SSSR count). The molecule has 9 heteroatoms. The zero-order chi connectivity index (χ0) is 19.5. The predicted molar refractivity (Wildman–Crippen MR) is 107 cm³/mol. The number of nitrogens with one attached hydrogen (secondary N) is 1. The Labute approximate surface area is 165 Å². The standard InChI is InChI=1S/C19H21N5O3S/c1-13(14-5-3-2-4-6-14)12-20-17(26)15-11-16(25)21-18-24(15)22-19(28-18)23-7-9-27-10-8-23/h2-6,11,13H,7-10,12H2,1H3,(H,20,26). The SMILES string of the molecule is CC(CNC(=O)c1cc(=O)nc2sc(N3CCOCC3)nn12)c1ccccc1. The van der Waals surface area contributed by atoms with Crippen molar-refractivity contribution in [2.24, 2.45) is 0 Å². The van der Waals surface area contributed by atoms with Crippen LogP contribution in [-0.2, 0) is 4.74 Å². The molecule has 1 aromatic carbocycles. The van der Waals surface area contributed by atoms with Crippen LogP contribution in [-0.4, -0.2) is 53.4 Å². The third-order valence-electron chi connectivity index (χ3n) is 4.70. The molecule has 2 aromatic heterocycles. The second kappa shape index (κ2) is 8.07. The van der Waals surface area contributed by atoms with Gasteiger partial charge < -0.3 is 15.0 Å². The Hall–Kier alpha value is -2.78. The molecule has 1 amide bonds. The van der Waals surface area contributed by atoms with Gasteiger partial charge in [0.2, 0.25) is 10.1 Å². The van der Waals surface area contributed by atoms with Crippen LogP contribution in [0.1, 0.15) is 28.9 Å². The third kappa shape index (κ3) is 3.90. The highest BCUT2D eigenvalue weighted by molar-refractivity contribution is 7.20. The van der Waals surface area contributed by atoms with Gasteiger partial charge in [0.15, 0.2) is 0 Å². The zero-order valence-electron chi connectivity index (χ0n) is 15.5. The molecule has 0 saturated carbocycles. The molecule has 3 heterocycles. The van der Waals surface area contributed by atoms with E-state index in [0.717, 1.165) is 23.8 Å². The number of anilines is 1. The molecule has 1 atom stereocenters. The molecule has 0 aliphatic carbocycles. The number of fused-ring (bicyclic) bond motifs is 1. The van der Waals surface area contributed by atoms with E-state index in [9.17, 15) is 9.59 Å². The van der Waals surface area contributed by atoms with E-state index >= 15 is 0 Å². The van der Waals surface area contributed by atoms with Gasteiger partial charge in [-0.15, -0.1) is 5.10 Å². The van der Waals surface area contributed by atoms with Crippen LogP contribution in [0, 0.1) is 0 Å². The van der Waals surface area contributed by atoms with Crippen LogP contribution in [0.15, 0.2) is 41.2 Å². The van der Waals surface area contributed by atoms with Crippen LogP contribution < -0.4 is 15.8 Å². The van der Waals surface area contributed by atoms with Gasteiger partial charge >= 0.3 is 0 Å². The van der Waals surface area contributed by atoms with Gasteiger partial charge in [0, 0.05) is 25.7 Å². The van der Waals surface area contributed by atoms with Gasteiger partial charge in [0.1, 0.15) is 5.69 Å². The summed E-state index contributed by atoms with van der Waals surface area (Å²) in [4.78, 5) is 31.2. The van der Waals surface area contributed by atoms with E-state index in [0.29, 0.717) is 24.7 Å². The molecule has 3 aromatic rings. The fourth-order valence-corrected chi connectivity index (χ4v) is 4.04. The minimum Gasteiger partial charge on any atom is -0.378 e. The quantitative estimate of drug-likeness (QED) is 0.700. The number of rotatable bonds is 5. The molecule has 1 N–H and O–H groups in total. The second-order valence-corrected chi connectivity index (χ2v) is 7.61. The van der Waals surface area contributed by atoms with Crippen LogP contribution >= 0.6 is 11.3 Å². The average molecular weight is 399 g/mol. The Morgan fingerprint density at radius 3 is 2.79 bits per heavy atom. The van der Waals surface area contributed by atoms with Crippen molar-refractivity contribution in [3.05, 3.63) is 58.0 Å². The number of amides is 1. The summed E-state index contributed by atoms with van der Waals surface area (Å²) in [5.74, 6) is -0.186. The largest absolute Gasteiger partial charge is 0.378 e. The van der Waals surface area contributed by atoms with E-state index in [1.807, 2.05) is 37.3 Å². The molecule has 0 spiro atoms. The molecule has 146 valence electrons. The summed E-state index contributed by atoms with van der Waals surface area (Å²) in [6.45, 7) is 5.21. The summed E-state index contributed by atoms with van der Waals surface area (Å²) in [5, 5.41) is 8.17. The lowest BCUT2D eigenvalue weighted by molar-refractivity contribution is 0.0943. The second-order valence-electron chi connectivity index (χ2n) is 6.68. The smallest absolute Gasteiger partial charge is 0.274 e. The summed E-state index contributed by atoms with van der Waals surface area (Å²) in [6.07, 6.45) is 0. The molecule has 1 aliphatic rings. The van der Waals surface area contributed by atoms with Gasteiger partial charge in [0.05, 0.1) is 13.2 Å². The van der Waals surface area contributed by atoms with Crippen molar-refractivity contribution in [3.8, 4) is 0 Å². The van der Waals surface area contributed by atoms with Gasteiger partial charge in [-0.1, -0.05) is 48.6 Å². The Morgan fingerprint density at radius 2 is 2.04 bits per heavy atom. The Kier molecular flexibility index (Phi) is 5.36. The minimum atomic E-state index is -0.446. The summed E-state index contributed by atoms with van der Waals surface area (Å²) in [5.41, 5.74) is 0.896. The van der Waals surface area contributed by atoms with Crippen molar-refractivity contribution in [2.75, 3.05) is 37.7 Å².